The molecule has 0 radical (unpaired) electrons. The molecule has 9 heteroatoms. The van der Waals surface area contributed by atoms with Crippen molar-refractivity contribution < 1.29 is 14.0 Å². The molecular weight excluding hydrogens is 369 g/mol. The Hall–Kier alpha value is -2.52. The van der Waals surface area contributed by atoms with Crippen LogP contribution in [-0.2, 0) is 17.8 Å². The third kappa shape index (κ3) is 5.24. The van der Waals surface area contributed by atoms with E-state index in [9.17, 15) is 14.0 Å². The van der Waals surface area contributed by atoms with Gasteiger partial charge in [-0.05, 0) is 26.0 Å². The molecule has 1 aromatic heterocycles. The Morgan fingerprint density at radius 3 is 2.81 bits per heavy atom. The monoisotopic (exact) mass is 391 g/mol. The van der Waals surface area contributed by atoms with E-state index in [0.29, 0.717) is 24.6 Å². The number of hydrogen-bond acceptors (Lipinski definition) is 5. The lowest BCUT2D eigenvalue weighted by Crippen LogP contribution is -2.36. The fraction of sp³-hybridized carbons (Fsp3) is 0.389. The molecule has 2 aromatic rings. The van der Waals surface area contributed by atoms with Crippen LogP contribution < -0.4 is 16.0 Å². The summed E-state index contributed by atoms with van der Waals surface area (Å²) in [4.78, 5) is 31.5. The molecule has 0 atom stereocenters. The molecule has 0 fully saturated rings. The molecule has 27 heavy (non-hydrogen) atoms. The minimum Gasteiger partial charge on any atom is -0.336 e. The number of hydrogen-bond donors (Lipinski definition) is 3. The van der Waals surface area contributed by atoms with Gasteiger partial charge in [-0.3, -0.25) is 15.0 Å². The maximum Gasteiger partial charge on any atom is 0.321 e. The van der Waals surface area contributed by atoms with Crippen molar-refractivity contribution in [2.45, 2.75) is 32.9 Å². The normalized spacial score (nSPS) is 13.9. The summed E-state index contributed by atoms with van der Waals surface area (Å²) in [6, 6.07) is 5.86. The fourth-order valence-corrected chi connectivity index (χ4v) is 3.83. The van der Waals surface area contributed by atoms with Crippen molar-refractivity contribution >= 4 is 34.1 Å². The Labute approximate surface area is 161 Å². The molecule has 7 nitrogen and oxygen atoms in total. The van der Waals surface area contributed by atoms with Crippen LogP contribution >= 0.6 is 11.3 Å². The molecule has 3 amide bonds. The molecule has 2 heterocycles. The lowest BCUT2D eigenvalue weighted by molar-refractivity contribution is -0.117. The Balaban J connectivity index is 1.56. The molecule has 0 unspecified atom stereocenters. The Bertz CT molecular complexity index is 839. The van der Waals surface area contributed by atoms with Crippen molar-refractivity contribution in [3.63, 3.8) is 0 Å². The predicted molar refractivity (Wildman–Crippen MR) is 103 cm³/mol. The van der Waals surface area contributed by atoms with E-state index >= 15 is 0 Å². The first-order chi connectivity index (χ1) is 12.9. The molecular formula is C18H22FN5O2S. The van der Waals surface area contributed by atoms with Crippen LogP contribution in [0.25, 0.3) is 0 Å². The maximum absolute atomic E-state index is 13.6. The van der Waals surface area contributed by atoms with E-state index in [1.807, 2.05) is 18.7 Å². The van der Waals surface area contributed by atoms with E-state index in [0.717, 1.165) is 10.6 Å². The average molecular weight is 391 g/mol. The van der Waals surface area contributed by atoms with Crippen molar-refractivity contribution in [2.24, 2.45) is 0 Å². The first kappa shape index (κ1) is 19.2. The third-order valence-electron chi connectivity index (χ3n) is 3.97. The van der Waals surface area contributed by atoms with Crippen LogP contribution in [0.5, 0.6) is 0 Å². The fourth-order valence-electron chi connectivity index (χ4n) is 2.79. The van der Waals surface area contributed by atoms with E-state index in [-0.39, 0.29) is 30.2 Å². The van der Waals surface area contributed by atoms with Gasteiger partial charge in [-0.2, -0.15) is 0 Å². The summed E-state index contributed by atoms with van der Waals surface area (Å²) in [5.41, 5.74) is 1.13. The van der Waals surface area contributed by atoms with E-state index < -0.39 is 5.82 Å². The quantitative estimate of drug-likeness (QED) is 0.732. The number of thiazole rings is 1. The van der Waals surface area contributed by atoms with Crippen LogP contribution in [0, 0.1) is 5.82 Å². The maximum atomic E-state index is 13.6. The predicted octanol–water partition coefficient (Wildman–Crippen LogP) is 2.81. The standard InChI is InChI=1S/C18H22FN5O2S/c1-11(2)20-17(26)23-18-22-14-7-8-24(9-15(14)27-18)10-16(25)21-13-6-4-3-5-12(13)19/h3-6,11H,7-10H2,1-2H3,(H,21,25)(H2,20,22,23,26). The summed E-state index contributed by atoms with van der Waals surface area (Å²) in [5.74, 6) is -0.715. The summed E-state index contributed by atoms with van der Waals surface area (Å²) >= 11 is 1.41. The lowest BCUT2D eigenvalue weighted by Gasteiger charge is -2.25. The van der Waals surface area contributed by atoms with Crippen molar-refractivity contribution in [3.05, 3.63) is 40.7 Å². The molecule has 3 N–H and O–H groups in total. The molecule has 0 spiro atoms. The van der Waals surface area contributed by atoms with E-state index in [1.54, 1.807) is 12.1 Å². The van der Waals surface area contributed by atoms with Gasteiger partial charge >= 0.3 is 6.03 Å². The van der Waals surface area contributed by atoms with Gasteiger partial charge in [0.2, 0.25) is 5.91 Å². The van der Waals surface area contributed by atoms with Gasteiger partial charge in [0.1, 0.15) is 5.82 Å². The second kappa shape index (κ2) is 8.45. The zero-order valence-corrected chi connectivity index (χ0v) is 16.0. The lowest BCUT2D eigenvalue weighted by atomic mass is 10.2. The number of anilines is 2. The Morgan fingerprint density at radius 1 is 1.30 bits per heavy atom. The zero-order valence-electron chi connectivity index (χ0n) is 15.2. The third-order valence-corrected chi connectivity index (χ3v) is 4.96. The van der Waals surface area contributed by atoms with Gasteiger partial charge in [0, 0.05) is 30.4 Å². The van der Waals surface area contributed by atoms with Crippen molar-refractivity contribution in [2.75, 3.05) is 23.7 Å². The molecule has 1 aromatic carbocycles. The van der Waals surface area contributed by atoms with Crippen molar-refractivity contribution in [3.8, 4) is 0 Å². The highest BCUT2D eigenvalue weighted by Crippen LogP contribution is 2.28. The van der Waals surface area contributed by atoms with E-state index in [2.05, 4.69) is 20.9 Å². The van der Waals surface area contributed by atoms with Crippen LogP contribution in [0.1, 0.15) is 24.4 Å². The number of aromatic nitrogens is 1. The number of carbonyl (C=O) groups is 2. The van der Waals surface area contributed by atoms with Gasteiger partial charge < -0.3 is 10.6 Å². The summed E-state index contributed by atoms with van der Waals surface area (Å²) in [6.07, 6.45) is 0.701. The number of amides is 3. The minimum absolute atomic E-state index is 0.0445. The highest BCUT2D eigenvalue weighted by Gasteiger charge is 2.23. The molecule has 0 bridgehead atoms. The number of fused-ring (bicyclic) bond motifs is 1. The summed E-state index contributed by atoms with van der Waals surface area (Å²) in [7, 11) is 0. The summed E-state index contributed by atoms with van der Waals surface area (Å²) in [5, 5.41) is 8.65. The molecule has 0 saturated carbocycles. The number of para-hydroxylation sites is 1. The number of rotatable bonds is 5. The number of benzene rings is 1. The van der Waals surface area contributed by atoms with Crippen molar-refractivity contribution in [1.29, 1.82) is 0 Å². The second-order valence-corrected chi connectivity index (χ2v) is 7.71. The summed E-state index contributed by atoms with van der Waals surface area (Å²) in [6.45, 7) is 5.19. The number of urea groups is 1. The molecule has 3 rings (SSSR count). The summed E-state index contributed by atoms with van der Waals surface area (Å²) < 4.78 is 13.6. The number of halogens is 1. The molecule has 0 saturated heterocycles. The average Bonchev–Trinajstić information content (AvgIpc) is 2.97. The highest BCUT2D eigenvalue weighted by molar-refractivity contribution is 7.15. The number of nitrogens with zero attached hydrogens (tertiary/aromatic N) is 2. The van der Waals surface area contributed by atoms with Crippen LogP contribution in [0.4, 0.5) is 20.0 Å². The van der Waals surface area contributed by atoms with Crippen LogP contribution in [0.15, 0.2) is 24.3 Å². The molecule has 0 aliphatic carbocycles. The number of nitrogens with one attached hydrogen (secondary N) is 3. The van der Waals surface area contributed by atoms with E-state index in [1.165, 1.54) is 23.5 Å². The van der Waals surface area contributed by atoms with Crippen LogP contribution in [0.2, 0.25) is 0 Å². The largest absolute Gasteiger partial charge is 0.336 e. The Kier molecular flexibility index (Phi) is 6.02. The topological polar surface area (TPSA) is 86.4 Å². The van der Waals surface area contributed by atoms with Gasteiger partial charge in [0.05, 0.1) is 17.9 Å². The SMILES string of the molecule is CC(C)NC(=O)Nc1nc2c(s1)CN(CC(=O)Nc1ccccc1F)CC2. The number of carbonyl (C=O) groups excluding carboxylic acids is 2. The molecule has 144 valence electrons. The second-order valence-electron chi connectivity index (χ2n) is 6.63. The van der Waals surface area contributed by atoms with E-state index in [4.69, 9.17) is 0 Å². The first-order valence-corrected chi connectivity index (χ1v) is 9.55. The van der Waals surface area contributed by atoms with Gasteiger partial charge in [0.15, 0.2) is 5.13 Å². The van der Waals surface area contributed by atoms with Crippen LogP contribution in [-0.4, -0.2) is 41.0 Å². The van der Waals surface area contributed by atoms with Gasteiger partial charge in [-0.15, -0.1) is 11.3 Å². The smallest absolute Gasteiger partial charge is 0.321 e. The first-order valence-electron chi connectivity index (χ1n) is 8.73. The van der Waals surface area contributed by atoms with Gasteiger partial charge in [-0.25, -0.2) is 14.2 Å². The highest BCUT2D eigenvalue weighted by atomic mass is 32.1. The molecule has 1 aliphatic heterocycles. The van der Waals surface area contributed by atoms with Crippen molar-refractivity contribution in [1.82, 2.24) is 15.2 Å². The van der Waals surface area contributed by atoms with Gasteiger partial charge in [-0.1, -0.05) is 12.1 Å². The minimum atomic E-state index is -0.454. The Morgan fingerprint density at radius 2 is 2.07 bits per heavy atom. The van der Waals surface area contributed by atoms with Crippen LogP contribution in [0.3, 0.4) is 0 Å². The zero-order chi connectivity index (χ0) is 19.4. The molecule has 1 aliphatic rings. The van der Waals surface area contributed by atoms with Gasteiger partial charge in [0.25, 0.3) is 0 Å².